The fraction of sp³-hybridized carbons (Fsp3) is 0.500. The number of allylic oxidation sites excluding steroid dienone is 3. The summed E-state index contributed by atoms with van der Waals surface area (Å²) >= 11 is 0. The molecule has 0 heterocycles. The van der Waals surface area contributed by atoms with Crippen LogP contribution >= 0.6 is 0 Å². The van der Waals surface area contributed by atoms with Crippen LogP contribution in [-0.4, -0.2) is 12.9 Å². The van der Waals surface area contributed by atoms with Crippen LogP contribution in [0.3, 0.4) is 0 Å². The van der Waals surface area contributed by atoms with Crippen molar-refractivity contribution in [1.29, 1.82) is 0 Å². The molecule has 0 spiro atoms. The van der Waals surface area contributed by atoms with Gasteiger partial charge in [0.2, 0.25) is 0 Å². The summed E-state index contributed by atoms with van der Waals surface area (Å²) in [5, 5.41) is 0. The standard InChI is InChI=1S/C10H16O2/c1-3-5-7-10(4-2)12-9-6-8-11/h4-5,7-8H,3,6,9H2,1-2H3/b7-5-,10-4+. The van der Waals surface area contributed by atoms with Crippen molar-refractivity contribution in [2.45, 2.75) is 26.7 Å². The lowest BCUT2D eigenvalue weighted by Crippen LogP contribution is -1.93. The van der Waals surface area contributed by atoms with Crippen LogP contribution in [0.15, 0.2) is 24.0 Å². The molecule has 0 bridgehead atoms. The van der Waals surface area contributed by atoms with E-state index in [1.807, 2.05) is 25.2 Å². The molecule has 0 unspecified atom stereocenters. The Labute approximate surface area is 73.9 Å². The van der Waals surface area contributed by atoms with E-state index in [9.17, 15) is 4.79 Å². The van der Waals surface area contributed by atoms with Gasteiger partial charge >= 0.3 is 0 Å². The van der Waals surface area contributed by atoms with Crippen molar-refractivity contribution >= 4 is 6.29 Å². The van der Waals surface area contributed by atoms with Gasteiger partial charge in [0.05, 0.1) is 6.61 Å². The summed E-state index contributed by atoms with van der Waals surface area (Å²) in [5.74, 6) is 0.832. The maximum atomic E-state index is 9.97. The summed E-state index contributed by atoms with van der Waals surface area (Å²) in [5.41, 5.74) is 0. The van der Waals surface area contributed by atoms with Crippen LogP contribution in [-0.2, 0) is 9.53 Å². The summed E-state index contributed by atoms with van der Waals surface area (Å²) in [6.07, 6.45) is 8.14. The maximum Gasteiger partial charge on any atom is 0.123 e. The van der Waals surface area contributed by atoms with Gasteiger partial charge in [-0.2, -0.15) is 0 Å². The van der Waals surface area contributed by atoms with Gasteiger partial charge in [-0.05, 0) is 25.5 Å². The Kier molecular flexibility index (Phi) is 7.35. The second kappa shape index (κ2) is 8.05. The number of rotatable bonds is 6. The van der Waals surface area contributed by atoms with E-state index in [4.69, 9.17) is 4.74 Å². The van der Waals surface area contributed by atoms with E-state index in [1.165, 1.54) is 0 Å². The first-order valence-electron chi connectivity index (χ1n) is 4.24. The fourth-order valence-electron chi connectivity index (χ4n) is 0.687. The minimum absolute atomic E-state index is 0.456. The molecule has 0 radical (unpaired) electrons. The molecule has 2 nitrogen and oxygen atoms in total. The SMILES string of the molecule is C/C=C(\C=C/CC)OCCC=O. The van der Waals surface area contributed by atoms with Crippen LogP contribution in [0.25, 0.3) is 0 Å². The molecule has 2 heteroatoms. The third-order valence-corrected chi connectivity index (χ3v) is 1.31. The van der Waals surface area contributed by atoms with Crippen LogP contribution in [0.5, 0.6) is 0 Å². The zero-order valence-corrected chi connectivity index (χ0v) is 7.75. The van der Waals surface area contributed by atoms with Crippen LogP contribution in [0, 0.1) is 0 Å². The van der Waals surface area contributed by atoms with Gasteiger partial charge in [-0.1, -0.05) is 13.0 Å². The molecule has 0 saturated carbocycles. The van der Waals surface area contributed by atoms with Crippen LogP contribution < -0.4 is 0 Å². The van der Waals surface area contributed by atoms with E-state index in [-0.39, 0.29) is 0 Å². The highest BCUT2D eigenvalue weighted by molar-refractivity contribution is 5.49. The Balaban J connectivity index is 3.69. The van der Waals surface area contributed by atoms with Crippen LogP contribution in [0.4, 0.5) is 0 Å². The molecule has 12 heavy (non-hydrogen) atoms. The van der Waals surface area contributed by atoms with Gasteiger partial charge in [0, 0.05) is 6.42 Å². The highest BCUT2D eigenvalue weighted by atomic mass is 16.5. The second-order valence-corrected chi connectivity index (χ2v) is 2.31. The zero-order valence-electron chi connectivity index (χ0n) is 7.75. The molecule has 0 aliphatic heterocycles. The third-order valence-electron chi connectivity index (χ3n) is 1.31. The van der Waals surface area contributed by atoms with Crippen molar-refractivity contribution in [3.8, 4) is 0 Å². The second-order valence-electron chi connectivity index (χ2n) is 2.31. The van der Waals surface area contributed by atoms with Crippen molar-refractivity contribution in [1.82, 2.24) is 0 Å². The summed E-state index contributed by atoms with van der Waals surface area (Å²) in [6.45, 7) is 4.45. The quantitative estimate of drug-likeness (QED) is 0.263. The van der Waals surface area contributed by atoms with E-state index < -0.39 is 0 Å². The Morgan fingerprint density at radius 1 is 1.50 bits per heavy atom. The lowest BCUT2D eigenvalue weighted by molar-refractivity contribution is -0.108. The van der Waals surface area contributed by atoms with Gasteiger partial charge < -0.3 is 9.53 Å². The molecule has 0 aliphatic rings. The topological polar surface area (TPSA) is 26.3 Å². The molecule has 0 atom stereocenters. The molecule has 0 aromatic carbocycles. The monoisotopic (exact) mass is 168 g/mol. The Morgan fingerprint density at radius 2 is 2.25 bits per heavy atom. The van der Waals surface area contributed by atoms with Crippen molar-refractivity contribution in [3.63, 3.8) is 0 Å². The summed E-state index contributed by atoms with van der Waals surface area (Å²) in [7, 11) is 0. The lowest BCUT2D eigenvalue weighted by Gasteiger charge is -2.02. The number of ether oxygens (including phenoxy) is 1. The predicted octanol–water partition coefficient (Wildman–Crippen LogP) is 2.46. The molecule has 0 amide bonds. The highest BCUT2D eigenvalue weighted by Crippen LogP contribution is 2.00. The first kappa shape index (κ1) is 11.0. The van der Waals surface area contributed by atoms with Gasteiger partial charge in [-0.15, -0.1) is 0 Å². The third kappa shape index (κ3) is 5.71. The first-order valence-corrected chi connectivity index (χ1v) is 4.24. The normalized spacial score (nSPS) is 12.0. The largest absolute Gasteiger partial charge is 0.494 e. The van der Waals surface area contributed by atoms with E-state index in [1.54, 1.807) is 0 Å². The van der Waals surface area contributed by atoms with Gasteiger partial charge in [-0.25, -0.2) is 0 Å². The number of carbonyl (C=O) groups excluding carboxylic acids is 1. The van der Waals surface area contributed by atoms with Crippen LogP contribution in [0.1, 0.15) is 26.7 Å². The molecular weight excluding hydrogens is 152 g/mol. The summed E-state index contributed by atoms with van der Waals surface area (Å²) < 4.78 is 5.28. The predicted molar refractivity (Wildman–Crippen MR) is 49.8 cm³/mol. The summed E-state index contributed by atoms with van der Waals surface area (Å²) in [4.78, 5) is 9.97. The van der Waals surface area contributed by atoms with Crippen molar-refractivity contribution in [2.24, 2.45) is 0 Å². The van der Waals surface area contributed by atoms with Crippen molar-refractivity contribution in [3.05, 3.63) is 24.0 Å². The molecule has 0 fully saturated rings. The fourth-order valence-corrected chi connectivity index (χ4v) is 0.687. The lowest BCUT2D eigenvalue weighted by atomic mass is 10.3. The number of aldehydes is 1. The molecule has 0 rings (SSSR count). The van der Waals surface area contributed by atoms with Gasteiger partial charge in [-0.3, -0.25) is 0 Å². The van der Waals surface area contributed by atoms with Gasteiger partial charge in [0.1, 0.15) is 12.0 Å². The smallest absolute Gasteiger partial charge is 0.123 e. The number of hydrogen-bond acceptors (Lipinski definition) is 2. The minimum atomic E-state index is 0.456. The molecule has 0 aliphatic carbocycles. The molecular formula is C10H16O2. The number of hydrogen-bond donors (Lipinski definition) is 0. The average molecular weight is 168 g/mol. The van der Waals surface area contributed by atoms with E-state index in [0.29, 0.717) is 13.0 Å². The Hall–Kier alpha value is -1.05. The van der Waals surface area contributed by atoms with E-state index >= 15 is 0 Å². The number of carbonyl (C=O) groups is 1. The molecule has 0 N–H and O–H groups in total. The molecule has 0 saturated heterocycles. The Bertz CT molecular complexity index is 169. The average Bonchev–Trinajstić information content (AvgIpc) is 2.11. The van der Waals surface area contributed by atoms with Crippen molar-refractivity contribution in [2.75, 3.05) is 6.61 Å². The first-order chi connectivity index (χ1) is 5.85. The molecule has 68 valence electrons. The summed E-state index contributed by atoms with van der Waals surface area (Å²) in [6, 6.07) is 0. The van der Waals surface area contributed by atoms with Gasteiger partial charge in [0.25, 0.3) is 0 Å². The molecule has 0 aromatic heterocycles. The van der Waals surface area contributed by atoms with Crippen molar-refractivity contribution < 1.29 is 9.53 Å². The maximum absolute atomic E-state index is 9.97. The molecule has 0 aromatic rings. The zero-order chi connectivity index (χ0) is 9.23. The highest BCUT2D eigenvalue weighted by Gasteiger charge is 1.89. The minimum Gasteiger partial charge on any atom is -0.494 e. The van der Waals surface area contributed by atoms with E-state index in [2.05, 4.69) is 6.92 Å². The van der Waals surface area contributed by atoms with Gasteiger partial charge in [0.15, 0.2) is 0 Å². The Morgan fingerprint density at radius 3 is 2.75 bits per heavy atom. The van der Waals surface area contributed by atoms with E-state index in [0.717, 1.165) is 18.5 Å². The van der Waals surface area contributed by atoms with Crippen LogP contribution in [0.2, 0.25) is 0 Å².